The van der Waals surface area contributed by atoms with Crippen LogP contribution in [0, 0.1) is 0 Å². The van der Waals surface area contributed by atoms with Crippen LogP contribution in [0.5, 0.6) is 0 Å². The second-order valence-corrected chi connectivity index (χ2v) is 4.01. The number of carboxylic acids is 1. The van der Waals surface area contributed by atoms with E-state index in [-0.39, 0.29) is 12.5 Å². The fourth-order valence-corrected chi connectivity index (χ4v) is 1.67. The minimum atomic E-state index is -0.877. The largest absolute Gasteiger partial charge is 0.481 e. The Bertz CT molecular complexity index is 427. The zero-order valence-electron chi connectivity index (χ0n) is 8.39. The van der Waals surface area contributed by atoms with E-state index in [1.165, 1.54) is 0 Å². The molecule has 0 saturated heterocycles. The van der Waals surface area contributed by atoms with Gasteiger partial charge in [0.25, 0.3) is 0 Å². The average molecular weight is 240 g/mol. The predicted octanol–water partition coefficient (Wildman–Crippen LogP) is 2.31. The lowest BCUT2D eigenvalue weighted by Gasteiger charge is -2.03. The minimum Gasteiger partial charge on any atom is -0.481 e. The first-order valence-corrected chi connectivity index (χ1v) is 5.23. The van der Waals surface area contributed by atoms with Crippen LogP contribution in [0.4, 0.5) is 0 Å². The van der Waals surface area contributed by atoms with Crippen LogP contribution in [0.1, 0.15) is 18.4 Å². The third-order valence-electron chi connectivity index (χ3n) is 2.31. The molecule has 1 aromatic carbocycles. The number of carboxylic acid groups (broad SMARTS) is 1. The number of carbonyl (C=O) groups is 1. The fourth-order valence-electron chi connectivity index (χ4n) is 1.55. The zero-order valence-corrected chi connectivity index (χ0v) is 9.15. The first-order chi connectivity index (χ1) is 7.65. The summed E-state index contributed by atoms with van der Waals surface area (Å²) in [5.74, 6) is -0.877. The molecular weight excluding hydrogens is 230 g/mol. The van der Waals surface area contributed by atoms with Crippen molar-refractivity contribution in [2.24, 2.45) is 5.16 Å². The van der Waals surface area contributed by atoms with E-state index < -0.39 is 5.97 Å². The molecule has 1 aliphatic rings. The Morgan fingerprint density at radius 2 is 2.19 bits per heavy atom. The molecule has 1 atom stereocenters. The van der Waals surface area contributed by atoms with E-state index in [0.29, 0.717) is 11.4 Å². The van der Waals surface area contributed by atoms with Crippen LogP contribution < -0.4 is 0 Å². The van der Waals surface area contributed by atoms with Gasteiger partial charge in [0, 0.05) is 11.4 Å². The summed E-state index contributed by atoms with van der Waals surface area (Å²) >= 11 is 5.77. The van der Waals surface area contributed by atoms with Gasteiger partial charge in [-0.05, 0) is 17.7 Å². The lowest BCUT2D eigenvalue weighted by atomic mass is 10.0. The van der Waals surface area contributed by atoms with Gasteiger partial charge in [-0.2, -0.15) is 0 Å². The van der Waals surface area contributed by atoms with Gasteiger partial charge in [0.05, 0.1) is 12.1 Å². The topological polar surface area (TPSA) is 58.9 Å². The number of aliphatic carboxylic acids is 1. The summed E-state index contributed by atoms with van der Waals surface area (Å²) in [6.07, 6.45) is 0.136. The van der Waals surface area contributed by atoms with Gasteiger partial charge in [0.15, 0.2) is 0 Å². The van der Waals surface area contributed by atoms with Crippen LogP contribution in [-0.2, 0) is 9.63 Å². The van der Waals surface area contributed by atoms with Gasteiger partial charge in [0.1, 0.15) is 6.10 Å². The standard InChI is InChI=1S/C11H10ClNO3/c12-8-3-1-7(2-4-8)10-5-9(16-13-10)6-11(14)15/h1-4,9H,5-6H2,(H,14,15). The summed E-state index contributed by atoms with van der Waals surface area (Å²) < 4.78 is 0. The molecule has 2 rings (SSSR count). The van der Waals surface area contributed by atoms with Crippen LogP contribution in [0.3, 0.4) is 0 Å². The summed E-state index contributed by atoms with van der Waals surface area (Å²) in [6.45, 7) is 0. The Balaban J connectivity index is 2.03. The summed E-state index contributed by atoms with van der Waals surface area (Å²) in [6, 6.07) is 7.22. The number of oxime groups is 1. The van der Waals surface area contributed by atoms with Crippen molar-refractivity contribution < 1.29 is 14.7 Å². The van der Waals surface area contributed by atoms with Crippen LogP contribution in [0.15, 0.2) is 29.4 Å². The summed E-state index contributed by atoms with van der Waals surface area (Å²) in [5.41, 5.74) is 1.68. The lowest BCUT2D eigenvalue weighted by molar-refractivity contribution is -0.139. The first kappa shape index (κ1) is 11.0. The van der Waals surface area contributed by atoms with E-state index in [2.05, 4.69) is 5.16 Å². The van der Waals surface area contributed by atoms with Crippen molar-refractivity contribution in [3.63, 3.8) is 0 Å². The lowest BCUT2D eigenvalue weighted by Crippen LogP contribution is -2.13. The van der Waals surface area contributed by atoms with Crippen molar-refractivity contribution in [3.8, 4) is 0 Å². The van der Waals surface area contributed by atoms with Crippen LogP contribution >= 0.6 is 11.6 Å². The van der Waals surface area contributed by atoms with E-state index in [4.69, 9.17) is 21.5 Å². The smallest absolute Gasteiger partial charge is 0.307 e. The van der Waals surface area contributed by atoms with Gasteiger partial charge in [-0.15, -0.1) is 0 Å². The molecule has 1 unspecified atom stereocenters. The van der Waals surface area contributed by atoms with Crippen LogP contribution in [0.2, 0.25) is 5.02 Å². The van der Waals surface area contributed by atoms with Gasteiger partial charge in [-0.1, -0.05) is 28.9 Å². The molecule has 16 heavy (non-hydrogen) atoms. The van der Waals surface area contributed by atoms with Crippen molar-refractivity contribution >= 4 is 23.3 Å². The Morgan fingerprint density at radius 1 is 1.50 bits per heavy atom. The fraction of sp³-hybridized carbons (Fsp3) is 0.273. The van der Waals surface area contributed by atoms with E-state index in [1.807, 2.05) is 12.1 Å². The zero-order chi connectivity index (χ0) is 11.5. The second-order valence-electron chi connectivity index (χ2n) is 3.57. The monoisotopic (exact) mass is 239 g/mol. The molecule has 0 aromatic heterocycles. The van der Waals surface area contributed by atoms with Crippen LogP contribution in [-0.4, -0.2) is 22.9 Å². The van der Waals surface area contributed by atoms with Gasteiger partial charge in [0.2, 0.25) is 0 Å². The molecule has 0 saturated carbocycles. The summed E-state index contributed by atoms with van der Waals surface area (Å²) in [7, 11) is 0. The second kappa shape index (κ2) is 4.53. The third kappa shape index (κ3) is 2.52. The third-order valence-corrected chi connectivity index (χ3v) is 2.56. The molecule has 1 aromatic rings. The average Bonchev–Trinajstić information content (AvgIpc) is 2.66. The highest BCUT2D eigenvalue weighted by atomic mass is 35.5. The quantitative estimate of drug-likeness (QED) is 0.881. The molecule has 1 heterocycles. The Labute approximate surface area is 97.5 Å². The van der Waals surface area contributed by atoms with E-state index in [9.17, 15) is 4.79 Å². The molecule has 0 aliphatic carbocycles. The molecular formula is C11H10ClNO3. The SMILES string of the molecule is O=C(O)CC1CC(c2ccc(Cl)cc2)=NO1. The number of hydrogen-bond acceptors (Lipinski definition) is 3. The number of benzene rings is 1. The number of nitrogens with zero attached hydrogens (tertiary/aromatic N) is 1. The van der Waals surface area contributed by atoms with Gasteiger partial charge in [-0.25, -0.2) is 0 Å². The van der Waals surface area contributed by atoms with E-state index >= 15 is 0 Å². The van der Waals surface area contributed by atoms with Gasteiger partial charge >= 0.3 is 5.97 Å². The molecule has 1 aliphatic heterocycles. The highest BCUT2D eigenvalue weighted by Crippen LogP contribution is 2.20. The maximum absolute atomic E-state index is 10.5. The maximum atomic E-state index is 10.5. The molecule has 5 heteroatoms. The van der Waals surface area contributed by atoms with E-state index in [1.54, 1.807) is 12.1 Å². The van der Waals surface area contributed by atoms with Crippen molar-refractivity contribution in [2.45, 2.75) is 18.9 Å². The molecule has 0 fully saturated rings. The van der Waals surface area contributed by atoms with Crippen molar-refractivity contribution in [3.05, 3.63) is 34.9 Å². The molecule has 0 amide bonds. The Hall–Kier alpha value is -1.55. The van der Waals surface area contributed by atoms with Crippen molar-refractivity contribution in [1.29, 1.82) is 0 Å². The first-order valence-electron chi connectivity index (χ1n) is 4.85. The highest BCUT2D eigenvalue weighted by Gasteiger charge is 2.24. The number of halogens is 1. The molecule has 0 radical (unpaired) electrons. The molecule has 84 valence electrons. The Kier molecular flexibility index (Phi) is 3.10. The summed E-state index contributed by atoms with van der Waals surface area (Å²) in [5, 5.41) is 13.2. The van der Waals surface area contributed by atoms with Crippen LogP contribution in [0.25, 0.3) is 0 Å². The molecule has 4 nitrogen and oxygen atoms in total. The molecule has 0 bridgehead atoms. The van der Waals surface area contributed by atoms with Gasteiger partial charge in [-0.3, -0.25) is 4.79 Å². The number of hydrogen-bond donors (Lipinski definition) is 1. The normalized spacial score (nSPS) is 19.1. The number of rotatable bonds is 3. The van der Waals surface area contributed by atoms with E-state index in [0.717, 1.165) is 11.3 Å². The van der Waals surface area contributed by atoms with Crippen molar-refractivity contribution in [2.75, 3.05) is 0 Å². The minimum absolute atomic E-state index is 0.0272. The van der Waals surface area contributed by atoms with Crippen molar-refractivity contribution in [1.82, 2.24) is 0 Å². The summed E-state index contributed by atoms with van der Waals surface area (Å²) in [4.78, 5) is 15.5. The maximum Gasteiger partial charge on any atom is 0.307 e. The van der Waals surface area contributed by atoms with Gasteiger partial charge < -0.3 is 9.94 Å². The highest BCUT2D eigenvalue weighted by molar-refractivity contribution is 6.30. The predicted molar refractivity (Wildman–Crippen MR) is 59.7 cm³/mol. The molecule has 0 spiro atoms. The Morgan fingerprint density at radius 3 is 2.81 bits per heavy atom. The molecule has 1 N–H and O–H groups in total.